The van der Waals surface area contributed by atoms with Gasteiger partial charge in [-0.3, -0.25) is 0 Å². The second kappa shape index (κ2) is 5.44. The van der Waals surface area contributed by atoms with Gasteiger partial charge in [0.05, 0.1) is 0 Å². The Balaban J connectivity index is 1.96. The van der Waals surface area contributed by atoms with Crippen molar-refractivity contribution in [2.75, 3.05) is 6.54 Å². The van der Waals surface area contributed by atoms with Crippen molar-refractivity contribution in [1.29, 1.82) is 0 Å². The van der Waals surface area contributed by atoms with Crippen LogP contribution in [0.3, 0.4) is 0 Å². The van der Waals surface area contributed by atoms with Crippen molar-refractivity contribution in [2.45, 2.75) is 59.4 Å². The number of benzene rings is 1. The molecule has 0 bridgehead atoms. The van der Waals surface area contributed by atoms with Gasteiger partial charge in [0.1, 0.15) is 0 Å². The average Bonchev–Trinajstić information content (AvgIpc) is 2.72. The first kappa shape index (κ1) is 13.6. The number of hydrogen-bond acceptors (Lipinski definition) is 1. The Kier molecular flexibility index (Phi) is 4.11. The Morgan fingerprint density at radius 3 is 2.22 bits per heavy atom. The number of rotatable bonds is 4. The van der Waals surface area contributed by atoms with Gasteiger partial charge in [-0.15, -0.1) is 0 Å². The standard InChI is InChI=1S/C17H27N/c1-13-9-14(2)11-16(10-13)15(3)18-12-17(4)7-5-6-8-17/h9-11,15,18H,5-8,12H2,1-4H3. The average molecular weight is 245 g/mol. The smallest absolute Gasteiger partial charge is 0.0292 e. The fraction of sp³-hybridized carbons (Fsp3) is 0.647. The van der Waals surface area contributed by atoms with Crippen molar-refractivity contribution >= 4 is 0 Å². The van der Waals surface area contributed by atoms with E-state index in [9.17, 15) is 0 Å². The maximum absolute atomic E-state index is 3.74. The molecule has 1 aromatic rings. The highest BCUT2D eigenvalue weighted by molar-refractivity contribution is 5.30. The molecule has 0 heterocycles. The molecule has 0 saturated heterocycles. The van der Waals surface area contributed by atoms with Crippen LogP contribution in [0.4, 0.5) is 0 Å². The summed E-state index contributed by atoms with van der Waals surface area (Å²) in [7, 11) is 0. The van der Waals surface area contributed by atoms with Crippen molar-refractivity contribution < 1.29 is 0 Å². The van der Waals surface area contributed by atoms with Crippen LogP contribution in [0.1, 0.15) is 62.3 Å². The van der Waals surface area contributed by atoms with Gasteiger partial charge in [-0.05, 0) is 44.6 Å². The highest BCUT2D eigenvalue weighted by atomic mass is 14.9. The Morgan fingerprint density at radius 1 is 1.11 bits per heavy atom. The molecule has 1 N–H and O–H groups in total. The molecule has 100 valence electrons. The van der Waals surface area contributed by atoms with Crippen LogP contribution in [-0.4, -0.2) is 6.54 Å². The maximum Gasteiger partial charge on any atom is 0.0292 e. The Hall–Kier alpha value is -0.820. The highest BCUT2D eigenvalue weighted by Crippen LogP contribution is 2.37. The molecule has 2 rings (SSSR count). The Labute approximate surface area is 112 Å². The van der Waals surface area contributed by atoms with Gasteiger partial charge in [-0.1, -0.05) is 49.1 Å². The molecule has 0 aliphatic heterocycles. The molecule has 1 aromatic carbocycles. The van der Waals surface area contributed by atoms with Crippen molar-refractivity contribution in [3.8, 4) is 0 Å². The summed E-state index contributed by atoms with van der Waals surface area (Å²) in [6.07, 6.45) is 5.60. The van der Waals surface area contributed by atoms with Crippen LogP contribution in [0, 0.1) is 19.3 Å². The zero-order valence-electron chi connectivity index (χ0n) is 12.3. The summed E-state index contributed by atoms with van der Waals surface area (Å²) in [5.41, 5.74) is 4.69. The molecule has 0 radical (unpaired) electrons. The van der Waals surface area contributed by atoms with Crippen molar-refractivity contribution in [3.05, 3.63) is 34.9 Å². The van der Waals surface area contributed by atoms with E-state index < -0.39 is 0 Å². The number of hydrogen-bond donors (Lipinski definition) is 1. The van der Waals surface area contributed by atoms with Gasteiger partial charge in [0.15, 0.2) is 0 Å². The van der Waals surface area contributed by atoms with E-state index in [4.69, 9.17) is 0 Å². The summed E-state index contributed by atoms with van der Waals surface area (Å²) in [5.74, 6) is 0. The first-order valence-corrected chi connectivity index (χ1v) is 7.30. The van der Waals surface area contributed by atoms with Crippen molar-refractivity contribution in [2.24, 2.45) is 5.41 Å². The normalized spacial score (nSPS) is 20.0. The summed E-state index contributed by atoms with van der Waals surface area (Å²) in [5, 5.41) is 3.74. The zero-order valence-corrected chi connectivity index (χ0v) is 12.3. The minimum atomic E-state index is 0.459. The van der Waals surface area contributed by atoms with Crippen LogP contribution in [0.2, 0.25) is 0 Å². The number of nitrogens with one attached hydrogen (secondary N) is 1. The van der Waals surface area contributed by atoms with Crippen LogP contribution in [-0.2, 0) is 0 Å². The van der Waals surface area contributed by atoms with Crippen LogP contribution < -0.4 is 5.32 Å². The first-order chi connectivity index (χ1) is 8.48. The van der Waals surface area contributed by atoms with Crippen LogP contribution >= 0.6 is 0 Å². The predicted molar refractivity (Wildman–Crippen MR) is 78.9 cm³/mol. The van der Waals surface area contributed by atoms with Gasteiger partial charge >= 0.3 is 0 Å². The molecule has 1 heteroatoms. The summed E-state index contributed by atoms with van der Waals surface area (Å²) >= 11 is 0. The lowest BCUT2D eigenvalue weighted by molar-refractivity contribution is 0.302. The summed E-state index contributed by atoms with van der Waals surface area (Å²) in [6, 6.07) is 7.32. The topological polar surface area (TPSA) is 12.0 Å². The number of aryl methyl sites for hydroxylation is 2. The molecule has 1 fully saturated rings. The van der Waals surface area contributed by atoms with E-state index in [0.29, 0.717) is 11.5 Å². The fourth-order valence-electron chi connectivity index (χ4n) is 3.18. The first-order valence-electron chi connectivity index (χ1n) is 7.30. The maximum atomic E-state index is 3.74. The summed E-state index contributed by atoms with van der Waals surface area (Å²) < 4.78 is 0. The van der Waals surface area contributed by atoms with E-state index in [-0.39, 0.29) is 0 Å². The van der Waals surface area contributed by atoms with E-state index in [2.05, 4.69) is 51.2 Å². The molecule has 1 aliphatic carbocycles. The largest absolute Gasteiger partial charge is 0.310 e. The molecule has 18 heavy (non-hydrogen) atoms. The Morgan fingerprint density at radius 2 is 1.67 bits per heavy atom. The summed E-state index contributed by atoms with van der Waals surface area (Å²) in [4.78, 5) is 0. The molecule has 1 nitrogen and oxygen atoms in total. The predicted octanol–water partition coefficient (Wildman–Crippen LogP) is 4.53. The van der Waals surface area contributed by atoms with Crippen LogP contribution in [0.25, 0.3) is 0 Å². The molecule has 0 aromatic heterocycles. The molecule has 1 aliphatic rings. The third-order valence-corrected chi connectivity index (χ3v) is 4.39. The second-order valence-corrected chi connectivity index (χ2v) is 6.54. The van der Waals surface area contributed by atoms with Gasteiger partial charge < -0.3 is 5.32 Å². The molecule has 0 amide bonds. The summed E-state index contributed by atoms with van der Waals surface area (Å²) in [6.45, 7) is 10.2. The SMILES string of the molecule is Cc1cc(C)cc(C(C)NCC2(C)CCCC2)c1. The van der Waals surface area contributed by atoms with Crippen molar-refractivity contribution in [3.63, 3.8) is 0 Å². The lowest BCUT2D eigenvalue weighted by Gasteiger charge is -2.26. The third kappa shape index (κ3) is 3.35. The quantitative estimate of drug-likeness (QED) is 0.821. The molecule has 1 unspecified atom stereocenters. The lowest BCUT2D eigenvalue weighted by Crippen LogP contribution is -2.31. The van der Waals surface area contributed by atoms with E-state index >= 15 is 0 Å². The molecule has 0 spiro atoms. The van der Waals surface area contributed by atoms with E-state index in [1.807, 2.05) is 0 Å². The zero-order chi connectivity index (χ0) is 13.2. The van der Waals surface area contributed by atoms with Crippen LogP contribution in [0.5, 0.6) is 0 Å². The highest BCUT2D eigenvalue weighted by Gasteiger charge is 2.28. The van der Waals surface area contributed by atoms with E-state index in [1.54, 1.807) is 0 Å². The Bertz CT molecular complexity index is 382. The van der Waals surface area contributed by atoms with Crippen LogP contribution in [0.15, 0.2) is 18.2 Å². The minimum absolute atomic E-state index is 0.459. The second-order valence-electron chi connectivity index (χ2n) is 6.54. The van der Waals surface area contributed by atoms with Gasteiger partial charge in [0.2, 0.25) is 0 Å². The third-order valence-electron chi connectivity index (χ3n) is 4.39. The van der Waals surface area contributed by atoms with E-state index in [0.717, 1.165) is 6.54 Å². The van der Waals surface area contributed by atoms with Gasteiger partial charge in [0.25, 0.3) is 0 Å². The van der Waals surface area contributed by atoms with Gasteiger partial charge in [0, 0.05) is 12.6 Å². The van der Waals surface area contributed by atoms with Crippen molar-refractivity contribution in [1.82, 2.24) is 5.32 Å². The molecule has 1 atom stereocenters. The molecular formula is C17H27N. The minimum Gasteiger partial charge on any atom is -0.310 e. The lowest BCUT2D eigenvalue weighted by atomic mass is 9.88. The van der Waals surface area contributed by atoms with Gasteiger partial charge in [-0.2, -0.15) is 0 Å². The van der Waals surface area contributed by atoms with E-state index in [1.165, 1.54) is 42.4 Å². The fourth-order valence-corrected chi connectivity index (χ4v) is 3.18. The molecular weight excluding hydrogens is 218 g/mol. The molecule has 1 saturated carbocycles. The van der Waals surface area contributed by atoms with Gasteiger partial charge in [-0.25, -0.2) is 0 Å². The monoisotopic (exact) mass is 245 g/mol.